The van der Waals surface area contributed by atoms with Crippen molar-refractivity contribution >= 4 is 16.7 Å². The van der Waals surface area contributed by atoms with Crippen LogP contribution in [0, 0.1) is 16.7 Å². The highest BCUT2D eigenvalue weighted by Gasteiger charge is 2.72. The van der Waals surface area contributed by atoms with Gasteiger partial charge < -0.3 is 19.9 Å². The lowest BCUT2D eigenvalue weighted by atomic mass is 10.1. The van der Waals surface area contributed by atoms with Crippen LogP contribution in [0.3, 0.4) is 0 Å². The SMILES string of the molecule is [13CH3][13C]([13CH3])=[13CH][13CH2]c1c([13C@@H](O)[13CH]2O[13C]2([13CH3])[13CH3])ccc2[nH]c3c(c12)[13CH2][13C@@H]1[13CH2][13CH2][13C@@]2(O)[13C]([13CH3])([13CH3])[13C](=O)[13CH2][13CH2][13C@]2([13CH3])[13C@@]31[13CH3]. The third kappa shape index (κ3) is 3.07. The number of carbonyl (C=O) groups is 1. The van der Waals surface area contributed by atoms with Crippen molar-refractivity contribution in [1.29, 1.82) is 0 Å². The molecule has 0 amide bonds. The second-order valence-electron chi connectivity index (χ2n) is 14.5. The van der Waals surface area contributed by atoms with Gasteiger partial charge in [0.05, 0.1) is 16.6 Å². The Kier molecular flexibility index (Phi) is 5.41. The number of ether oxygens (including phenoxy) is 1. The first-order valence-electron chi connectivity index (χ1n) is 14.5. The largest absolute Gasteiger partial charge is 0.388 e. The highest BCUT2D eigenvalue weighted by molar-refractivity contribution is 5.91. The monoisotopic (exact) mass is 544 g/mol. The molecule has 4 aliphatic rings. The third-order valence-electron chi connectivity index (χ3n) is 11.9. The van der Waals surface area contributed by atoms with Crippen molar-refractivity contribution in [3.63, 3.8) is 0 Å². The fourth-order valence-electron chi connectivity index (χ4n) is 9.04. The van der Waals surface area contributed by atoms with Crippen LogP contribution in [0.1, 0.15) is 110 Å². The molecule has 0 spiro atoms. The van der Waals surface area contributed by atoms with Crippen LogP contribution < -0.4 is 0 Å². The normalized spacial score (nSPS) is 37.4. The summed E-state index contributed by atoms with van der Waals surface area (Å²) in [4.78, 5) is 16.9. The highest BCUT2D eigenvalue weighted by Crippen LogP contribution is 2.70. The molecular formula is C33H45NO4. The second-order valence-corrected chi connectivity index (χ2v) is 14.5. The zero-order valence-electron chi connectivity index (χ0n) is 24.4. The standard InChI is InChI=1S/C33H45NO4/c1-18(2)9-10-20-21(26(36)28-30(5,6)38-28)11-12-23-25(20)22-17-19-13-16-33(37)29(3,4)24(35)14-15-31(33,7)32(19,8)27(22)34-23/h9,11-12,19,26,28,34,36-37H,10,13-17H2,1-8H3/t19-,26+,28?,31+,32+,33+/m0/s1/i1+1,2+1,3+1,4+1,5+1,6+1,7+1,8+1,9+1,10+1,13+1,14+1,15+1,16+1,17+1,18+1,19+1,24+1,26+1,28+1,29+1,30+1,31+1,32+1,33+1. The molecule has 3 aliphatic carbocycles. The van der Waals surface area contributed by atoms with Crippen molar-refractivity contribution in [1.82, 2.24) is 4.98 Å². The first-order valence-corrected chi connectivity index (χ1v) is 14.5. The molecule has 2 heterocycles. The summed E-state index contributed by atoms with van der Waals surface area (Å²) in [5.41, 5.74) is 4.22. The first kappa shape index (κ1) is 26.3. The number of aromatic amines is 1. The van der Waals surface area contributed by atoms with Crippen LogP contribution >= 0.6 is 0 Å². The van der Waals surface area contributed by atoms with Crippen molar-refractivity contribution in [3.8, 4) is 0 Å². The molecule has 2 saturated carbocycles. The van der Waals surface area contributed by atoms with Gasteiger partial charge in [-0.25, -0.2) is 0 Å². The number of carbonyl (C=O) groups excluding carboxylic acids is 1. The van der Waals surface area contributed by atoms with Crippen LogP contribution in [-0.4, -0.2) is 38.3 Å². The Labute approximate surface area is 227 Å². The van der Waals surface area contributed by atoms with E-state index in [2.05, 4.69) is 50.9 Å². The van der Waals surface area contributed by atoms with Gasteiger partial charge in [0, 0.05) is 33.8 Å². The zero-order valence-corrected chi connectivity index (χ0v) is 24.4. The number of hydrogen-bond donors (Lipinski definition) is 3. The van der Waals surface area contributed by atoms with Crippen molar-refractivity contribution < 1.29 is 19.7 Å². The van der Waals surface area contributed by atoms with Crippen LogP contribution in [-0.2, 0) is 27.8 Å². The topological polar surface area (TPSA) is 85.8 Å². The van der Waals surface area contributed by atoms with Crippen LogP contribution in [0.5, 0.6) is 0 Å². The van der Waals surface area contributed by atoms with E-state index in [0.29, 0.717) is 25.2 Å². The van der Waals surface area contributed by atoms with Gasteiger partial charge in [-0.3, -0.25) is 4.79 Å². The minimum absolute atomic E-state index is 0.183. The second kappa shape index (κ2) is 7.83. The fraction of sp³-hybridized carbons (Fsp3) is 0.667. The molecule has 38 heavy (non-hydrogen) atoms. The quantitative estimate of drug-likeness (QED) is 0.242. The Hall–Kier alpha value is -1.95. The average molecular weight is 545 g/mol. The molecule has 6 rings (SSSR count). The van der Waals surface area contributed by atoms with Gasteiger partial charge in [0.15, 0.2) is 0 Å². The summed E-state index contributed by atoms with van der Waals surface area (Å²) in [6.07, 6.45) is 5.88. The number of nitrogens with one attached hydrogen (secondary N) is 1. The van der Waals surface area contributed by atoms with E-state index in [0.717, 1.165) is 30.3 Å². The number of aromatic nitrogens is 1. The Morgan fingerprint density at radius 3 is 2.47 bits per heavy atom. The van der Waals surface area contributed by atoms with E-state index in [1.54, 1.807) is 0 Å². The predicted octanol–water partition coefficient (Wildman–Crippen LogP) is 6.24. The smallest absolute Gasteiger partial charge is 0.141 e. The summed E-state index contributed by atoms with van der Waals surface area (Å²) in [6, 6.07) is 4.20. The number of benzene rings is 1. The predicted molar refractivity (Wildman–Crippen MR) is 150 cm³/mol. The van der Waals surface area contributed by atoms with E-state index in [9.17, 15) is 15.0 Å². The maximum atomic E-state index is 13.1. The molecule has 6 atom stereocenters. The van der Waals surface area contributed by atoms with Crippen LogP contribution in [0.2, 0.25) is 0 Å². The van der Waals surface area contributed by atoms with Crippen molar-refractivity contribution in [3.05, 3.63) is 46.2 Å². The van der Waals surface area contributed by atoms with Crippen molar-refractivity contribution in [2.75, 3.05) is 0 Å². The van der Waals surface area contributed by atoms with Gasteiger partial charge in [0.2, 0.25) is 0 Å². The van der Waals surface area contributed by atoms with Crippen molar-refractivity contribution in [2.24, 2.45) is 16.7 Å². The van der Waals surface area contributed by atoms with E-state index in [-0.39, 0.29) is 22.9 Å². The van der Waals surface area contributed by atoms with Gasteiger partial charge in [-0.1, -0.05) is 45.4 Å². The van der Waals surface area contributed by atoms with Crippen LogP contribution in [0.15, 0.2) is 23.8 Å². The highest BCUT2D eigenvalue weighted by atomic mass is 16.8. The van der Waals surface area contributed by atoms with E-state index in [4.69, 9.17) is 4.74 Å². The van der Waals surface area contributed by atoms with E-state index < -0.39 is 22.5 Å². The van der Waals surface area contributed by atoms with E-state index in [1.807, 2.05) is 27.7 Å². The molecule has 1 aliphatic heterocycles. The minimum Gasteiger partial charge on any atom is -0.388 e. The number of aliphatic hydroxyl groups is 2. The molecule has 0 bridgehead atoms. The number of Topliss-reactive ketones (excluding diaryl/α,β-unsaturated/α-hetero) is 1. The summed E-state index contributed by atoms with van der Waals surface area (Å²) in [5, 5.41) is 25.1. The average Bonchev–Trinajstić information content (AvgIpc) is 3.18. The van der Waals surface area contributed by atoms with Gasteiger partial charge >= 0.3 is 0 Å². The number of rotatable bonds is 4. The summed E-state index contributed by atoms with van der Waals surface area (Å²) in [7, 11) is 0. The summed E-state index contributed by atoms with van der Waals surface area (Å²) in [5.74, 6) is 0.584. The molecule has 1 aromatic carbocycles. The number of aliphatic hydroxyl groups excluding tert-OH is 1. The van der Waals surface area contributed by atoms with Gasteiger partial charge in [0.1, 0.15) is 18.0 Å². The molecule has 5 heteroatoms. The summed E-state index contributed by atoms with van der Waals surface area (Å²) in [6.45, 7) is 16.8. The Morgan fingerprint density at radius 1 is 1.16 bits per heavy atom. The number of H-pyrrole nitrogens is 1. The van der Waals surface area contributed by atoms with Crippen LogP contribution in [0.25, 0.3) is 10.9 Å². The number of ketones is 1. The lowest BCUT2D eigenvalue weighted by Gasteiger charge is -2.66. The Morgan fingerprint density at radius 2 is 1.84 bits per heavy atom. The fourth-order valence-corrected chi connectivity index (χ4v) is 9.04. The maximum Gasteiger partial charge on any atom is 0.141 e. The molecular weight excluding hydrogens is 499 g/mol. The van der Waals surface area contributed by atoms with Gasteiger partial charge in [-0.05, 0) is 88.5 Å². The molecule has 206 valence electrons. The van der Waals surface area contributed by atoms with E-state index >= 15 is 0 Å². The summed E-state index contributed by atoms with van der Waals surface area (Å²) >= 11 is 0. The molecule has 1 saturated heterocycles. The van der Waals surface area contributed by atoms with Crippen LogP contribution in [0.4, 0.5) is 0 Å². The lowest BCUT2D eigenvalue weighted by Crippen LogP contribution is -2.71. The van der Waals surface area contributed by atoms with Gasteiger partial charge in [-0.15, -0.1) is 0 Å². The van der Waals surface area contributed by atoms with E-state index in [1.165, 1.54) is 27.8 Å². The number of fused-ring (bicyclic) bond motifs is 7. The maximum absolute atomic E-state index is 13.1. The van der Waals surface area contributed by atoms with Crippen molar-refractivity contribution in [2.45, 2.75) is 123 Å². The van der Waals surface area contributed by atoms with Gasteiger partial charge in [-0.2, -0.15) is 0 Å². The molecule has 3 N–H and O–H groups in total. The Bertz CT molecular complexity index is 1380. The molecule has 5 nitrogen and oxygen atoms in total. The molecule has 3 fully saturated rings. The molecule has 1 aromatic heterocycles. The summed E-state index contributed by atoms with van der Waals surface area (Å²) < 4.78 is 5.86. The number of hydrogen-bond acceptors (Lipinski definition) is 4. The zero-order chi connectivity index (χ0) is 27.6. The third-order valence-corrected chi connectivity index (χ3v) is 11.9. The first-order chi connectivity index (χ1) is 17.6. The Balaban J connectivity index is 1.55. The number of epoxide rings is 1. The lowest BCUT2D eigenvalue weighted by molar-refractivity contribution is -0.233. The molecule has 1 unspecified atom stereocenters. The number of allylic oxidation sites excluding steroid dienone is 2. The molecule has 0 radical (unpaired) electrons. The van der Waals surface area contributed by atoms with Gasteiger partial charge in [0.25, 0.3) is 0 Å². The molecule has 2 aromatic rings. The minimum atomic E-state index is -1.05.